The van der Waals surface area contributed by atoms with Crippen LogP contribution in [-0.4, -0.2) is 8.42 Å². The van der Waals surface area contributed by atoms with Crippen molar-refractivity contribution in [2.45, 2.75) is 9.79 Å². The van der Waals surface area contributed by atoms with Crippen LogP contribution in [0.4, 0.5) is 5.69 Å². The Bertz CT molecular complexity index is 444. The molecule has 72 valence electrons. The summed E-state index contributed by atoms with van der Waals surface area (Å²) in [5, 5.41) is 5.18. The summed E-state index contributed by atoms with van der Waals surface area (Å²) in [6.07, 6.45) is 0. The highest BCUT2D eigenvalue weighted by Crippen LogP contribution is 2.27. The monoisotopic (exact) mass is 238 g/mol. The maximum absolute atomic E-state index is 10.9. The number of halogens is 1. The van der Waals surface area contributed by atoms with Gasteiger partial charge in [0, 0.05) is 4.90 Å². The minimum atomic E-state index is -3.81. The molecule has 0 spiro atoms. The number of nitrogen functional groups attached to an aromatic ring is 1. The second-order valence-electron chi connectivity index (χ2n) is 2.39. The Morgan fingerprint density at radius 3 is 2.38 bits per heavy atom. The number of benzene rings is 1. The summed E-state index contributed by atoms with van der Waals surface area (Å²) in [5.41, 5.74) is 5.42. The number of anilines is 1. The first kappa shape index (κ1) is 10.6. The summed E-state index contributed by atoms with van der Waals surface area (Å²) < 4.78 is 21.9. The molecule has 0 saturated carbocycles. The predicted octanol–water partition coefficient (Wildman–Crippen LogP) is 0.858. The Balaban J connectivity index is 3.50. The molecule has 0 saturated heterocycles. The van der Waals surface area contributed by atoms with Crippen LogP contribution >= 0.6 is 24.2 Å². The van der Waals surface area contributed by atoms with Crippen LogP contribution < -0.4 is 10.9 Å². The molecular formula is C6H7ClN2O2S2. The fourth-order valence-electron chi connectivity index (χ4n) is 0.804. The highest BCUT2D eigenvalue weighted by molar-refractivity contribution is 7.89. The lowest BCUT2D eigenvalue weighted by atomic mass is 10.3. The van der Waals surface area contributed by atoms with E-state index in [0.717, 1.165) is 0 Å². The molecule has 1 aromatic carbocycles. The Kier molecular flexibility index (Phi) is 2.76. The minimum Gasteiger partial charge on any atom is -0.398 e. The van der Waals surface area contributed by atoms with Crippen molar-refractivity contribution in [3.05, 3.63) is 17.2 Å². The number of rotatable bonds is 1. The summed E-state index contributed by atoms with van der Waals surface area (Å²) >= 11 is 9.58. The van der Waals surface area contributed by atoms with E-state index in [0.29, 0.717) is 4.90 Å². The number of nitrogens with two attached hydrogens (primary N) is 2. The summed E-state index contributed by atoms with van der Waals surface area (Å²) in [6, 6.07) is 2.51. The molecule has 0 heterocycles. The zero-order valence-electron chi connectivity index (χ0n) is 6.36. The average molecular weight is 239 g/mol. The van der Waals surface area contributed by atoms with E-state index in [4.69, 9.17) is 22.5 Å². The van der Waals surface area contributed by atoms with Crippen molar-refractivity contribution >= 4 is 39.9 Å². The van der Waals surface area contributed by atoms with Gasteiger partial charge in [-0.1, -0.05) is 11.6 Å². The average Bonchev–Trinajstić information content (AvgIpc) is 1.94. The third-order valence-electron chi connectivity index (χ3n) is 1.39. The molecule has 4 nitrogen and oxygen atoms in total. The Morgan fingerprint density at radius 2 is 1.92 bits per heavy atom. The smallest absolute Gasteiger partial charge is 0.240 e. The fourth-order valence-corrected chi connectivity index (χ4v) is 1.93. The van der Waals surface area contributed by atoms with Crippen LogP contribution in [-0.2, 0) is 10.0 Å². The van der Waals surface area contributed by atoms with Gasteiger partial charge in [-0.15, -0.1) is 12.6 Å². The lowest BCUT2D eigenvalue weighted by Gasteiger charge is -2.05. The summed E-state index contributed by atoms with van der Waals surface area (Å²) in [7, 11) is -3.81. The highest BCUT2D eigenvalue weighted by atomic mass is 35.5. The van der Waals surface area contributed by atoms with E-state index in [1.165, 1.54) is 12.1 Å². The van der Waals surface area contributed by atoms with Gasteiger partial charge in [0.15, 0.2) is 0 Å². The second-order valence-corrected chi connectivity index (χ2v) is 4.81. The van der Waals surface area contributed by atoms with Crippen molar-refractivity contribution in [3.8, 4) is 0 Å². The predicted molar refractivity (Wildman–Crippen MR) is 54.5 cm³/mol. The molecule has 0 aliphatic carbocycles. The Hall–Kier alpha value is -0.430. The van der Waals surface area contributed by atoms with Gasteiger partial charge in [-0.3, -0.25) is 0 Å². The standard InChI is InChI=1S/C6H7ClN2O2S2/c7-3-1-4(8)6(2-5(3)12)13(9,10)11/h1-2,12H,8H2,(H2,9,10,11). The zero-order valence-corrected chi connectivity index (χ0v) is 8.83. The Labute approximate surface area is 86.3 Å². The number of hydrogen-bond donors (Lipinski definition) is 3. The first-order chi connectivity index (χ1) is 5.82. The van der Waals surface area contributed by atoms with Crippen molar-refractivity contribution < 1.29 is 8.42 Å². The molecular weight excluding hydrogens is 232 g/mol. The van der Waals surface area contributed by atoms with Gasteiger partial charge in [0.1, 0.15) is 4.90 Å². The first-order valence-corrected chi connectivity index (χ1v) is 5.50. The zero-order chi connectivity index (χ0) is 10.2. The van der Waals surface area contributed by atoms with Gasteiger partial charge in [0.25, 0.3) is 0 Å². The molecule has 0 amide bonds. The fraction of sp³-hybridized carbons (Fsp3) is 0. The van der Waals surface area contributed by atoms with Gasteiger partial charge >= 0.3 is 0 Å². The highest BCUT2D eigenvalue weighted by Gasteiger charge is 2.13. The molecule has 7 heteroatoms. The third kappa shape index (κ3) is 2.28. The lowest BCUT2D eigenvalue weighted by molar-refractivity contribution is 0.598. The van der Waals surface area contributed by atoms with Crippen LogP contribution in [0.3, 0.4) is 0 Å². The van der Waals surface area contributed by atoms with Crippen molar-refractivity contribution in [2.75, 3.05) is 5.73 Å². The lowest BCUT2D eigenvalue weighted by Crippen LogP contribution is -2.14. The van der Waals surface area contributed by atoms with E-state index in [1.807, 2.05) is 0 Å². The van der Waals surface area contributed by atoms with Crippen LogP contribution in [0.25, 0.3) is 0 Å². The number of primary sulfonamides is 1. The maximum atomic E-state index is 10.9. The molecule has 0 aliphatic rings. The van der Waals surface area contributed by atoms with Crippen LogP contribution in [0, 0.1) is 0 Å². The van der Waals surface area contributed by atoms with E-state index < -0.39 is 10.0 Å². The van der Waals surface area contributed by atoms with Crippen molar-refractivity contribution in [1.82, 2.24) is 0 Å². The van der Waals surface area contributed by atoms with E-state index in [9.17, 15) is 8.42 Å². The van der Waals surface area contributed by atoms with Gasteiger partial charge < -0.3 is 5.73 Å². The molecule has 0 aromatic heterocycles. The van der Waals surface area contributed by atoms with E-state index in [1.54, 1.807) is 0 Å². The molecule has 0 aliphatic heterocycles. The van der Waals surface area contributed by atoms with E-state index in [2.05, 4.69) is 12.6 Å². The molecule has 4 N–H and O–H groups in total. The minimum absolute atomic E-state index is 0.0188. The van der Waals surface area contributed by atoms with Crippen LogP contribution in [0.5, 0.6) is 0 Å². The SMILES string of the molecule is Nc1cc(Cl)c(S)cc1S(N)(=O)=O. The molecule has 0 bridgehead atoms. The summed E-state index contributed by atoms with van der Waals surface area (Å²) in [6.45, 7) is 0. The van der Waals surface area contributed by atoms with Crippen LogP contribution in [0.1, 0.15) is 0 Å². The molecule has 0 atom stereocenters. The molecule has 13 heavy (non-hydrogen) atoms. The van der Waals surface area contributed by atoms with Crippen molar-refractivity contribution in [3.63, 3.8) is 0 Å². The summed E-state index contributed by atoms with van der Waals surface area (Å²) in [5.74, 6) is 0. The molecule has 0 unspecified atom stereocenters. The van der Waals surface area contributed by atoms with Gasteiger partial charge in [-0.25, -0.2) is 13.6 Å². The third-order valence-corrected chi connectivity index (χ3v) is 3.17. The summed E-state index contributed by atoms with van der Waals surface area (Å²) in [4.78, 5) is 0.154. The van der Waals surface area contributed by atoms with Crippen molar-refractivity contribution in [1.29, 1.82) is 0 Å². The molecule has 1 rings (SSSR count). The number of sulfonamides is 1. The van der Waals surface area contributed by atoms with Gasteiger partial charge in [0.2, 0.25) is 10.0 Å². The second kappa shape index (κ2) is 3.38. The van der Waals surface area contributed by atoms with Crippen LogP contribution in [0.15, 0.2) is 21.9 Å². The van der Waals surface area contributed by atoms with E-state index >= 15 is 0 Å². The topological polar surface area (TPSA) is 86.2 Å². The van der Waals surface area contributed by atoms with Crippen molar-refractivity contribution in [2.24, 2.45) is 5.14 Å². The number of thiol groups is 1. The van der Waals surface area contributed by atoms with Gasteiger partial charge in [-0.05, 0) is 12.1 Å². The number of hydrogen-bond acceptors (Lipinski definition) is 4. The normalized spacial score (nSPS) is 11.6. The quantitative estimate of drug-likeness (QED) is 0.501. The molecule has 1 aromatic rings. The van der Waals surface area contributed by atoms with Crippen LogP contribution in [0.2, 0.25) is 5.02 Å². The van der Waals surface area contributed by atoms with Gasteiger partial charge in [0.05, 0.1) is 10.7 Å². The maximum Gasteiger partial charge on any atom is 0.240 e. The Morgan fingerprint density at radius 1 is 1.38 bits per heavy atom. The first-order valence-electron chi connectivity index (χ1n) is 3.13. The molecule has 0 fully saturated rings. The van der Waals surface area contributed by atoms with E-state index in [-0.39, 0.29) is 15.6 Å². The largest absolute Gasteiger partial charge is 0.398 e. The van der Waals surface area contributed by atoms with Gasteiger partial charge in [-0.2, -0.15) is 0 Å². The molecule has 0 radical (unpaired) electrons.